The third-order valence-corrected chi connectivity index (χ3v) is 3.70. The fourth-order valence-electron chi connectivity index (χ4n) is 2.65. The van der Waals surface area contributed by atoms with Crippen LogP contribution in [0.2, 0.25) is 0 Å². The van der Waals surface area contributed by atoms with Crippen molar-refractivity contribution in [2.75, 3.05) is 11.9 Å². The molecular formula is C14H20N6. The Hall–Kier alpha value is -1.98. The smallest absolute Gasteiger partial charge is 0.132 e. The lowest BCUT2D eigenvalue weighted by Crippen LogP contribution is -2.11. The molecule has 1 aliphatic rings. The average Bonchev–Trinajstić information content (AvgIpc) is 2.87. The third-order valence-electron chi connectivity index (χ3n) is 3.70. The summed E-state index contributed by atoms with van der Waals surface area (Å²) < 4.78 is 1.85. The first-order valence-corrected chi connectivity index (χ1v) is 7.34. The highest BCUT2D eigenvalue weighted by Crippen LogP contribution is 2.23. The SMILES string of the molecule is c1cn(CCCNc2ncnc3c2CCCCC3)nn1. The van der Waals surface area contributed by atoms with Crippen LogP contribution in [-0.4, -0.2) is 31.5 Å². The molecule has 0 atom stereocenters. The van der Waals surface area contributed by atoms with Gasteiger partial charge in [-0.05, 0) is 32.1 Å². The van der Waals surface area contributed by atoms with E-state index in [1.165, 1.54) is 30.5 Å². The van der Waals surface area contributed by atoms with Crippen molar-refractivity contribution in [3.63, 3.8) is 0 Å². The number of hydrogen-bond acceptors (Lipinski definition) is 5. The average molecular weight is 272 g/mol. The van der Waals surface area contributed by atoms with E-state index in [2.05, 4.69) is 25.6 Å². The quantitative estimate of drug-likeness (QED) is 0.664. The number of anilines is 1. The fraction of sp³-hybridized carbons (Fsp3) is 0.571. The lowest BCUT2D eigenvalue weighted by molar-refractivity contribution is 0.569. The van der Waals surface area contributed by atoms with E-state index in [0.717, 1.165) is 38.2 Å². The summed E-state index contributed by atoms with van der Waals surface area (Å²) in [7, 11) is 0. The van der Waals surface area contributed by atoms with Crippen LogP contribution < -0.4 is 5.32 Å². The monoisotopic (exact) mass is 272 g/mol. The van der Waals surface area contributed by atoms with Gasteiger partial charge in [0.25, 0.3) is 0 Å². The molecule has 106 valence electrons. The largest absolute Gasteiger partial charge is 0.370 e. The molecule has 0 bridgehead atoms. The van der Waals surface area contributed by atoms with Crippen molar-refractivity contribution in [3.05, 3.63) is 30.0 Å². The number of hydrogen-bond donors (Lipinski definition) is 1. The van der Waals surface area contributed by atoms with Crippen LogP contribution in [0.5, 0.6) is 0 Å². The summed E-state index contributed by atoms with van der Waals surface area (Å²) in [6, 6.07) is 0. The van der Waals surface area contributed by atoms with E-state index in [0.29, 0.717) is 0 Å². The zero-order valence-electron chi connectivity index (χ0n) is 11.6. The summed E-state index contributed by atoms with van der Waals surface area (Å²) in [5.74, 6) is 1.02. The Bertz CT molecular complexity index is 537. The van der Waals surface area contributed by atoms with Crippen LogP contribution in [0.4, 0.5) is 5.82 Å². The molecule has 1 aliphatic carbocycles. The highest BCUT2D eigenvalue weighted by molar-refractivity contribution is 5.46. The van der Waals surface area contributed by atoms with Gasteiger partial charge in [-0.2, -0.15) is 0 Å². The van der Waals surface area contributed by atoms with Gasteiger partial charge in [-0.25, -0.2) is 9.97 Å². The molecule has 1 N–H and O–H groups in total. The number of aryl methyl sites for hydroxylation is 2. The van der Waals surface area contributed by atoms with Crippen LogP contribution in [0, 0.1) is 0 Å². The predicted octanol–water partition coefficient (Wildman–Crippen LogP) is 1.84. The van der Waals surface area contributed by atoms with Crippen molar-refractivity contribution in [1.82, 2.24) is 25.0 Å². The van der Waals surface area contributed by atoms with E-state index in [-0.39, 0.29) is 0 Å². The lowest BCUT2D eigenvalue weighted by atomic mass is 10.1. The highest BCUT2D eigenvalue weighted by atomic mass is 15.4. The molecule has 3 rings (SSSR count). The van der Waals surface area contributed by atoms with Gasteiger partial charge in [-0.1, -0.05) is 11.6 Å². The van der Waals surface area contributed by atoms with Crippen LogP contribution in [0.25, 0.3) is 0 Å². The molecule has 2 aromatic rings. The second-order valence-corrected chi connectivity index (χ2v) is 5.15. The normalized spacial score (nSPS) is 14.6. The molecular weight excluding hydrogens is 252 g/mol. The van der Waals surface area contributed by atoms with Crippen molar-refractivity contribution in [2.45, 2.75) is 45.1 Å². The summed E-state index contributed by atoms with van der Waals surface area (Å²) in [6.45, 7) is 1.77. The van der Waals surface area contributed by atoms with Gasteiger partial charge in [-0.15, -0.1) is 5.10 Å². The minimum absolute atomic E-state index is 0.875. The Morgan fingerprint density at radius 2 is 2.10 bits per heavy atom. The maximum Gasteiger partial charge on any atom is 0.132 e. The van der Waals surface area contributed by atoms with Gasteiger partial charge in [0.2, 0.25) is 0 Å². The predicted molar refractivity (Wildman–Crippen MR) is 76.4 cm³/mol. The number of fused-ring (bicyclic) bond motifs is 1. The summed E-state index contributed by atoms with van der Waals surface area (Å²) in [5, 5.41) is 11.2. The minimum atomic E-state index is 0.875. The summed E-state index contributed by atoms with van der Waals surface area (Å²) >= 11 is 0. The van der Waals surface area contributed by atoms with Crippen LogP contribution in [0.1, 0.15) is 36.9 Å². The van der Waals surface area contributed by atoms with Gasteiger partial charge >= 0.3 is 0 Å². The fourth-order valence-corrected chi connectivity index (χ4v) is 2.65. The van der Waals surface area contributed by atoms with Gasteiger partial charge < -0.3 is 5.32 Å². The van der Waals surface area contributed by atoms with Crippen LogP contribution >= 0.6 is 0 Å². The zero-order chi connectivity index (χ0) is 13.6. The third kappa shape index (κ3) is 3.12. The summed E-state index contributed by atoms with van der Waals surface area (Å²) in [4.78, 5) is 8.85. The molecule has 0 radical (unpaired) electrons. The van der Waals surface area contributed by atoms with Gasteiger partial charge in [0.05, 0.1) is 6.20 Å². The number of nitrogens with one attached hydrogen (secondary N) is 1. The van der Waals surface area contributed by atoms with Crippen molar-refractivity contribution < 1.29 is 0 Å². The van der Waals surface area contributed by atoms with Crippen LogP contribution in [0.15, 0.2) is 18.7 Å². The van der Waals surface area contributed by atoms with Crippen molar-refractivity contribution in [3.8, 4) is 0 Å². The number of nitrogens with zero attached hydrogens (tertiary/aromatic N) is 5. The molecule has 20 heavy (non-hydrogen) atoms. The number of rotatable bonds is 5. The maximum atomic E-state index is 4.44. The first-order chi connectivity index (χ1) is 9.93. The van der Waals surface area contributed by atoms with E-state index in [1.807, 2.05) is 10.9 Å². The lowest BCUT2D eigenvalue weighted by Gasteiger charge is -2.12. The van der Waals surface area contributed by atoms with Crippen LogP contribution in [0.3, 0.4) is 0 Å². The van der Waals surface area contributed by atoms with Gasteiger partial charge in [-0.3, -0.25) is 4.68 Å². The second kappa shape index (κ2) is 6.45. The molecule has 0 saturated carbocycles. The number of aromatic nitrogens is 5. The van der Waals surface area contributed by atoms with E-state index in [9.17, 15) is 0 Å². The van der Waals surface area contributed by atoms with Crippen LogP contribution in [-0.2, 0) is 19.4 Å². The highest BCUT2D eigenvalue weighted by Gasteiger charge is 2.13. The van der Waals surface area contributed by atoms with Crippen molar-refractivity contribution in [1.29, 1.82) is 0 Å². The molecule has 6 nitrogen and oxygen atoms in total. The molecule has 0 amide bonds. The second-order valence-electron chi connectivity index (χ2n) is 5.15. The maximum absolute atomic E-state index is 4.44. The Morgan fingerprint density at radius 1 is 1.15 bits per heavy atom. The molecule has 2 heterocycles. The minimum Gasteiger partial charge on any atom is -0.370 e. The Labute approximate surface area is 118 Å². The first-order valence-electron chi connectivity index (χ1n) is 7.34. The molecule has 0 aromatic carbocycles. The molecule has 0 aliphatic heterocycles. The molecule has 0 spiro atoms. The zero-order valence-corrected chi connectivity index (χ0v) is 11.6. The molecule has 0 fully saturated rings. The van der Waals surface area contributed by atoms with Crippen molar-refractivity contribution in [2.24, 2.45) is 0 Å². The molecule has 0 unspecified atom stereocenters. The Balaban J connectivity index is 1.57. The molecule has 6 heteroatoms. The summed E-state index contributed by atoms with van der Waals surface area (Å²) in [6.07, 6.45) is 12.2. The van der Waals surface area contributed by atoms with E-state index < -0.39 is 0 Å². The van der Waals surface area contributed by atoms with Gasteiger partial charge in [0.15, 0.2) is 0 Å². The molecule has 2 aromatic heterocycles. The Morgan fingerprint density at radius 3 is 3.00 bits per heavy atom. The molecule has 0 saturated heterocycles. The van der Waals surface area contributed by atoms with E-state index in [4.69, 9.17) is 0 Å². The first kappa shape index (κ1) is 13.0. The van der Waals surface area contributed by atoms with E-state index >= 15 is 0 Å². The topological polar surface area (TPSA) is 68.5 Å². The van der Waals surface area contributed by atoms with Crippen molar-refractivity contribution >= 4 is 5.82 Å². The van der Waals surface area contributed by atoms with Gasteiger partial charge in [0, 0.05) is 30.5 Å². The van der Waals surface area contributed by atoms with E-state index in [1.54, 1.807) is 12.5 Å². The standard InChI is InChI=1S/C14H20N6/c1-2-5-12-13(6-3-1)16-11-17-14(12)15-7-4-9-20-10-8-18-19-20/h8,10-11H,1-7,9H2,(H,15,16,17). The van der Waals surface area contributed by atoms with Gasteiger partial charge in [0.1, 0.15) is 12.1 Å². The summed E-state index contributed by atoms with van der Waals surface area (Å²) in [5.41, 5.74) is 2.56. The Kier molecular flexibility index (Phi) is 4.20.